The molecule has 4 rings (SSSR count). The highest BCUT2D eigenvalue weighted by Gasteiger charge is 2.30. The molecule has 4 aromatic rings. The Morgan fingerprint density at radius 2 is 1.86 bits per heavy atom. The summed E-state index contributed by atoms with van der Waals surface area (Å²) in [6.45, 7) is 0. The van der Waals surface area contributed by atoms with Crippen molar-refractivity contribution in [2.24, 2.45) is 0 Å². The van der Waals surface area contributed by atoms with Gasteiger partial charge in [-0.1, -0.05) is 30.0 Å². The van der Waals surface area contributed by atoms with Crippen molar-refractivity contribution in [3.63, 3.8) is 0 Å². The highest BCUT2D eigenvalue weighted by molar-refractivity contribution is 7.99. The van der Waals surface area contributed by atoms with Crippen molar-refractivity contribution < 1.29 is 18.1 Å². The topological polar surface area (TPSA) is 71.8 Å². The third-order valence-corrected chi connectivity index (χ3v) is 5.33. The van der Waals surface area contributed by atoms with Gasteiger partial charge in [-0.15, -0.1) is 0 Å². The highest BCUT2D eigenvalue weighted by Crippen LogP contribution is 2.40. The first-order valence-corrected chi connectivity index (χ1v) is 9.20. The van der Waals surface area contributed by atoms with Gasteiger partial charge in [0.25, 0.3) is 5.69 Å². The zero-order valence-corrected chi connectivity index (χ0v) is 15.4. The Morgan fingerprint density at radius 3 is 2.62 bits per heavy atom. The molecule has 2 aromatic carbocycles. The summed E-state index contributed by atoms with van der Waals surface area (Å²) >= 11 is 1.28. The molecule has 0 bridgehead atoms. The van der Waals surface area contributed by atoms with Crippen LogP contribution in [-0.4, -0.2) is 14.9 Å². The first-order chi connectivity index (χ1) is 13.8. The van der Waals surface area contributed by atoms with Gasteiger partial charge in [-0.3, -0.25) is 10.1 Å². The molecule has 146 valence electrons. The summed E-state index contributed by atoms with van der Waals surface area (Å²) in [5.74, 6) is 0. The minimum atomic E-state index is -4.44. The molecule has 2 aromatic heterocycles. The molecule has 0 unspecified atom stereocenters. The molecule has 0 amide bonds. The van der Waals surface area contributed by atoms with E-state index in [1.165, 1.54) is 36.2 Å². The quantitative estimate of drug-likeness (QED) is 0.313. The first kappa shape index (κ1) is 19.0. The van der Waals surface area contributed by atoms with E-state index in [1.807, 2.05) is 0 Å². The number of aromatic amines is 1. The van der Waals surface area contributed by atoms with Crippen molar-refractivity contribution in [2.45, 2.75) is 16.0 Å². The largest absolute Gasteiger partial charge is 0.416 e. The molecule has 0 radical (unpaired) electrons. The lowest BCUT2D eigenvalue weighted by Gasteiger charge is -2.10. The maximum absolute atomic E-state index is 13.1. The molecule has 0 fully saturated rings. The lowest BCUT2D eigenvalue weighted by molar-refractivity contribution is -0.385. The average molecular weight is 415 g/mol. The smallest absolute Gasteiger partial charge is 0.345 e. The fraction of sp³-hybridized carbons (Fsp3) is 0.0500. The van der Waals surface area contributed by atoms with E-state index in [4.69, 9.17) is 0 Å². The molecular weight excluding hydrogens is 403 g/mol. The van der Waals surface area contributed by atoms with Crippen molar-refractivity contribution in [3.8, 4) is 11.1 Å². The van der Waals surface area contributed by atoms with Crippen LogP contribution in [0.25, 0.3) is 22.2 Å². The van der Waals surface area contributed by atoms with E-state index in [0.717, 1.165) is 12.1 Å². The zero-order chi connectivity index (χ0) is 20.6. The lowest BCUT2D eigenvalue weighted by Crippen LogP contribution is -2.04. The van der Waals surface area contributed by atoms with Crippen molar-refractivity contribution in [1.29, 1.82) is 0 Å². The summed E-state index contributed by atoms with van der Waals surface area (Å²) in [6.07, 6.45) is -1.23. The van der Waals surface area contributed by atoms with E-state index >= 15 is 0 Å². The molecule has 29 heavy (non-hydrogen) atoms. The number of hydrogen-bond acceptors (Lipinski definition) is 4. The number of alkyl halides is 3. The van der Waals surface area contributed by atoms with E-state index in [2.05, 4.69) is 9.97 Å². The number of H-pyrrole nitrogens is 1. The Kier molecular flexibility index (Phi) is 4.75. The number of nitrogens with zero attached hydrogens (tertiary/aromatic N) is 2. The Balaban J connectivity index is 1.81. The van der Waals surface area contributed by atoms with Gasteiger partial charge in [-0.25, -0.2) is 4.98 Å². The first-order valence-electron chi connectivity index (χ1n) is 8.39. The van der Waals surface area contributed by atoms with Gasteiger partial charge in [0.05, 0.1) is 10.5 Å². The fourth-order valence-corrected chi connectivity index (χ4v) is 4.01. The number of benzene rings is 2. The number of nitro benzene ring substituents is 1. The minimum absolute atomic E-state index is 0.0360. The van der Waals surface area contributed by atoms with E-state index in [9.17, 15) is 23.3 Å². The molecule has 9 heteroatoms. The standard InChI is InChI=1S/C20H12F3N3O2S/c21-20(22,23)13-4-1-3-12(9-13)16-7-8-24-19-18(16)17(11-25-19)29-15-6-2-5-14(10-15)26(27)28/h1-11H,(H,24,25). The van der Waals surface area contributed by atoms with Crippen LogP contribution in [0.15, 0.2) is 76.8 Å². The molecular formula is C20H12F3N3O2S. The number of pyridine rings is 1. The van der Waals surface area contributed by atoms with Crippen LogP contribution in [0.2, 0.25) is 0 Å². The van der Waals surface area contributed by atoms with Gasteiger partial charge in [0, 0.05) is 39.7 Å². The zero-order valence-electron chi connectivity index (χ0n) is 14.6. The molecule has 0 aliphatic rings. The van der Waals surface area contributed by atoms with Crippen molar-refractivity contribution in [2.75, 3.05) is 0 Å². The number of nitrogens with one attached hydrogen (secondary N) is 1. The highest BCUT2D eigenvalue weighted by atomic mass is 32.2. The van der Waals surface area contributed by atoms with E-state index < -0.39 is 16.7 Å². The number of halogens is 3. The summed E-state index contributed by atoms with van der Waals surface area (Å²) in [4.78, 5) is 19.1. The number of non-ortho nitro benzene ring substituents is 1. The van der Waals surface area contributed by atoms with Gasteiger partial charge in [0.15, 0.2) is 0 Å². The predicted octanol–water partition coefficient (Wildman–Crippen LogP) is 6.31. The van der Waals surface area contributed by atoms with Crippen molar-refractivity contribution in [3.05, 3.63) is 82.7 Å². The number of fused-ring (bicyclic) bond motifs is 1. The Morgan fingerprint density at radius 1 is 1.07 bits per heavy atom. The number of nitro groups is 1. The van der Waals surface area contributed by atoms with Gasteiger partial charge in [-0.05, 0) is 35.4 Å². The monoisotopic (exact) mass is 415 g/mol. The summed E-state index contributed by atoms with van der Waals surface area (Å²) in [5.41, 5.74) is 0.755. The van der Waals surface area contributed by atoms with Crippen molar-refractivity contribution in [1.82, 2.24) is 9.97 Å². The predicted molar refractivity (Wildman–Crippen MR) is 104 cm³/mol. The second-order valence-electron chi connectivity index (χ2n) is 6.17. The van der Waals surface area contributed by atoms with Gasteiger partial charge in [0.2, 0.25) is 0 Å². The van der Waals surface area contributed by atoms with Crippen LogP contribution in [0.4, 0.5) is 18.9 Å². The van der Waals surface area contributed by atoms with Crippen LogP contribution in [-0.2, 0) is 6.18 Å². The molecule has 2 heterocycles. The molecule has 0 saturated carbocycles. The fourth-order valence-electron chi connectivity index (χ4n) is 3.00. The molecule has 0 spiro atoms. The van der Waals surface area contributed by atoms with Gasteiger partial charge in [0.1, 0.15) is 5.65 Å². The number of hydrogen-bond donors (Lipinski definition) is 1. The molecule has 0 saturated heterocycles. The lowest BCUT2D eigenvalue weighted by atomic mass is 10.0. The third-order valence-electron chi connectivity index (χ3n) is 4.29. The molecule has 0 atom stereocenters. The van der Waals surface area contributed by atoms with E-state index in [1.54, 1.807) is 30.5 Å². The third kappa shape index (κ3) is 3.81. The maximum Gasteiger partial charge on any atom is 0.416 e. The van der Waals surface area contributed by atoms with Crippen LogP contribution < -0.4 is 0 Å². The number of aromatic nitrogens is 2. The summed E-state index contributed by atoms with van der Waals surface area (Å²) in [7, 11) is 0. The van der Waals surface area contributed by atoms with Crippen LogP contribution in [0.1, 0.15) is 5.56 Å². The molecule has 5 nitrogen and oxygen atoms in total. The van der Waals surface area contributed by atoms with E-state index in [-0.39, 0.29) is 5.69 Å². The molecule has 1 N–H and O–H groups in total. The van der Waals surface area contributed by atoms with Crippen molar-refractivity contribution >= 4 is 28.5 Å². The van der Waals surface area contributed by atoms with Crippen LogP contribution >= 0.6 is 11.8 Å². The van der Waals surface area contributed by atoms with Crippen LogP contribution in [0, 0.1) is 10.1 Å². The van der Waals surface area contributed by atoms with Crippen LogP contribution in [0.5, 0.6) is 0 Å². The Labute approximate surface area is 166 Å². The minimum Gasteiger partial charge on any atom is -0.345 e. The Bertz CT molecular complexity index is 1220. The van der Waals surface area contributed by atoms with Gasteiger partial charge >= 0.3 is 6.18 Å². The van der Waals surface area contributed by atoms with Gasteiger partial charge in [-0.2, -0.15) is 13.2 Å². The normalized spacial score (nSPS) is 11.7. The SMILES string of the molecule is O=[N+]([O-])c1cccc(Sc2c[nH]c3nccc(-c4cccc(C(F)(F)F)c4)c23)c1. The summed E-state index contributed by atoms with van der Waals surface area (Å²) < 4.78 is 39.4. The summed E-state index contributed by atoms with van der Waals surface area (Å²) in [5, 5.41) is 11.7. The molecule has 0 aliphatic heterocycles. The maximum atomic E-state index is 13.1. The summed E-state index contributed by atoms with van der Waals surface area (Å²) in [6, 6.07) is 12.9. The Hall–Kier alpha value is -3.33. The van der Waals surface area contributed by atoms with Crippen LogP contribution in [0.3, 0.4) is 0 Å². The second-order valence-corrected chi connectivity index (χ2v) is 7.29. The van der Waals surface area contributed by atoms with E-state index in [0.29, 0.717) is 32.0 Å². The molecule has 0 aliphatic carbocycles. The number of rotatable bonds is 4. The average Bonchev–Trinajstić information content (AvgIpc) is 3.10. The second kappa shape index (κ2) is 7.25. The van der Waals surface area contributed by atoms with Gasteiger partial charge < -0.3 is 4.98 Å².